The Morgan fingerprint density at radius 3 is 2.79 bits per heavy atom. The van der Waals surface area contributed by atoms with Gasteiger partial charge in [0, 0.05) is 29.8 Å². The van der Waals surface area contributed by atoms with Crippen LogP contribution in [-0.2, 0) is 9.59 Å². The molecule has 1 aliphatic heterocycles. The lowest BCUT2D eigenvalue weighted by molar-refractivity contribution is -0.144. The van der Waals surface area contributed by atoms with E-state index in [0.29, 0.717) is 16.7 Å². The fraction of sp³-hybridized carbons (Fsp3) is 0.556. The predicted molar refractivity (Wildman–Crippen MR) is 98.2 cm³/mol. The van der Waals surface area contributed by atoms with Gasteiger partial charge in [-0.1, -0.05) is 23.7 Å². The Morgan fingerprint density at radius 2 is 2.12 bits per heavy atom. The molecule has 1 saturated carbocycles. The number of hydrogen-bond donors (Lipinski definition) is 0. The Balaban J connectivity index is 1.68. The number of likely N-dealkylation sites (N-methyl/N-ethyl adjacent to an activating group) is 1. The van der Waals surface area contributed by atoms with E-state index in [1.807, 2.05) is 45.2 Å². The lowest BCUT2D eigenvalue weighted by Crippen LogP contribution is -2.50. The van der Waals surface area contributed by atoms with E-state index in [9.17, 15) is 9.59 Å². The van der Waals surface area contributed by atoms with Crippen LogP contribution in [0.25, 0.3) is 0 Å². The van der Waals surface area contributed by atoms with Crippen LogP contribution in [-0.4, -0.2) is 52.4 Å². The van der Waals surface area contributed by atoms with Crippen LogP contribution in [0.5, 0.6) is 0 Å². The maximum absolute atomic E-state index is 12.9. The molecule has 24 heavy (non-hydrogen) atoms. The van der Waals surface area contributed by atoms with Crippen LogP contribution >= 0.6 is 23.4 Å². The van der Waals surface area contributed by atoms with E-state index in [4.69, 9.17) is 11.6 Å². The first-order valence-corrected chi connectivity index (χ1v) is 9.83. The fourth-order valence-corrected chi connectivity index (χ4v) is 4.49. The average molecular weight is 367 g/mol. The topological polar surface area (TPSA) is 40.6 Å². The summed E-state index contributed by atoms with van der Waals surface area (Å²) in [7, 11) is 1.81. The molecule has 2 fully saturated rings. The summed E-state index contributed by atoms with van der Waals surface area (Å²) in [6.07, 6.45) is 0.848. The largest absolute Gasteiger partial charge is 0.342 e. The van der Waals surface area contributed by atoms with E-state index in [1.54, 1.807) is 21.6 Å². The molecule has 130 valence electrons. The molecule has 3 unspecified atom stereocenters. The molecule has 1 aromatic rings. The van der Waals surface area contributed by atoms with Crippen LogP contribution in [0, 0.1) is 5.92 Å². The third-order valence-corrected chi connectivity index (χ3v) is 6.20. The summed E-state index contributed by atoms with van der Waals surface area (Å²) >= 11 is 7.71. The van der Waals surface area contributed by atoms with E-state index in [2.05, 4.69) is 0 Å². The second kappa shape index (κ2) is 6.96. The van der Waals surface area contributed by atoms with E-state index in [0.717, 1.165) is 12.0 Å². The number of carbonyl (C=O) groups is 2. The minimum Gasteiger partial charge on any atom is -0.342 e. The molecule has 0 bridgehead atoms. The second-order valence-corrected chi connectivity index (χ2v) is 8.31. The van der Waals surface area contributed by atoms with E-state index in [1.165, 1.54) is 0 Å². The Labute approximate surface area is 152 Å². The third kappa shape index (κ3) is 3.42. The second-order valence-electron chi connectivity index (χ2n) is 6.87. The molecule has 6 heteroatoms. The maximum Gasteiger partial charge on any atom is 0.246 e. The Morgan fingerprint density at radius 1 is 1.38 bits per heavy atom. The number of rotatable bonds is 4. The molecule has 1 aliphatic carbocycles. The summed E-state index contributed by atoms with van der Waals surface area (Å²) in [6.45, 7) is 3.98. The van der Waals surface area contributed by atoms with Crippen LogP contribution in [0.4, 0.5) is 0 Å². The molecule has 2 aliphatic rings. The van der Waals surface area contributed by atoms with Crippen LogP contribution in [0.15, 0.2) is 24.3 Å². The zero-order valence-electron chi connectivity index (χ0n) is 14.2. The lowest BCUT2D eigenvalue weighted by Gasteiger charge is -2.29. The number of nitrogens with zero attached hydrogens (tertiary/aromatic N) is 2. The fourth-order valence-electron chi connectivity index (χ4n) is 3.14. The van der Waals surface area contributed by atoms with Gasteiger partial charge in [0.2, 0.25) is 11.8 Å². The molecule has 3 rings (SSSR count). The molecule has 0 aromatic heterocycles. The molecule has 1 heterocycles. The normalized spacial score (nSPS) is 25.9. The van der Waals surface area contributed by atoms with Gasteiger partial charge >= 0.3 is 0 Å². The van der Waals surface area contributed by atoms with Crippen molar-refractivity contribution in [2.75, 3.05) is 18.7 Å². The van der Waals surface area contributed by atoms with Crippen molar-refractivity contribution in [1.82, 2.24) is 9.80 Å². The molecule has 1 saturated heterocycles. The standard InChI is InChI=1S/C18H23ClN2O2S/c1-11(2)20(3)18(23)16-9-24-10-21(16)17(22)15-8-14(15)12-5-4-6-13(19)7-12/h4-7,11,14-16H,8-10H2,1-3H3. The van der Waals surface area contributed by atoms with Crippen molar-refractivity contribution in [3.8, 4) is 0 Å². The van der Waals surface area contributed by atoms with E-state index in [-0.39, 0.29) is 35.7 Å². The van der Waals surface area contributed by atoms with Gasteiger partial charge in [0.15, 0.2) is 0 Å². The van der Waals surface area contributed by atoms with Crippen molar-refractivity contribution in [3.05, 3.63) is 34.9 Å². The minimum absolute atomic E-state index is 0.0122. The monoisotopic (exact) mass is 366 g/mol. The zero-order valence-corrected chi connectivity index (χ0v) is 15.8. The molecule has 0 spiro atoms. The average Bonchev–Trinajstić information content (AvgIpc) is 3.21. The van der Waals surface area contributed by atoms with Gasteiger partial charge in [-0.25, -0.2) is 0 Å². The molecule has 1 aromatic carbocycles. The summed E-state index contributed by atoms with van der Waals surface area (Å²) in [4.78, 5) is 29.0. The van der Waals surface area contributed by atoms with Crippen molar-refractivity contribution >= 4 is 35.2 Å². The molecular weight excluding hydrogens is 344 g/mol. The SMILES string of the molecule is CC(C)N(C)C(=O)C1CSCN1C(=O)C1CC1c1cccc(Cl)c1. The number of halogens is 1. The van der Waals surface area contributed by atoms with Gasteiger partial charge in [-0.05, 0) is 43.9 Å². The first-order chi connectivity index (χ1) is 11.4. The summed E-state index contributed by atoms with van der Waals surface area (Å²) in [5, 5.41) is 0.703. The molecule has 3 atom stereocenters. The first-order valence-electron chi connectivity index (χ1n) is 8.30. The summed E-state index contributed by atoms with van der Waals surface area (Å²) in [6, 6.07) is 7.55. The number of thioether (sulfide) groups is 1. The molecular formula is C18H23ClN2O2S. The summed E-state index contributed by atoms with van der Waals surface area (Å²) < 4.78 is 0. The third-order valence-electron chi connectivity index (χ3n) is 4.96. The number of carbonyl (C=O) groups excluding carboxylic acids is 2. The highest BCUT2D eigenvalue weighted by Crippen LogP contribution is 2.49. The molecule has 0 radical (unpaired) electrons. The number of benzene rings is 1. The highest BCUT2D eigenvalue weighted by Gasteiger charge is 2.49. The van der Waals surface area contributed by atoms with E-state index >= 15 is 0 Å². The van der Waals surface area contributed by atoms with Crippen molar-refractivity contribution in [2.45, 2.75) is 38.3 Å². The van der Waals surface area contributed by atoms with Gasteiger partial charge in [-0.3, -0.25) is 9.59 Å². The molecule has 4 nitrogen and oxygen atoms in total. The van der Waals surface area contributed by atoms with Crippen LogP contribution in [0.2, 0.25) is 5.02 Å². The Hall–Kier alpha value is -1.20. The first kappa shape index (κ1) is 17.6. The Kier molecular flexibility index (Phi) is 5.11. The van der Waals surface area contributed by atoms with E-state index < -0.39 is 0 Å². The van der Waals surface area contributed by atoms with Gasteiger partial charge in [-0.2, -0.15) is 0 Å². The number of hydrogen-bond acceptors (Lipinski definition) is 3. The highest BCUT2D eigenvalue weighted by atomic mass is 35.5. The van der Waals surface area contributed by atoms with Crippen molar-refractivity contribution in [2.24, 2.45) is 5.92 Å². The highest BCUT2D eigenvalue weighted by molar-refractivity contribution is 7.99. The van der Waals surface area contributed by atoms with Gasteiger partial charge in [0.25, 0.3) is 0 Å². The van der Waals surface area contributed by atoms with Crippen LogP contribution < -0.4 is 0 Å². The van der Waals surface area contributed by atoms with Gasteiger partial charge in [0.1, 0.15) is 6.04 Å². The van der Waals surface area contributed by atoms with Crippen molar-refractivity contribution in [1.29, 1.82) is 0 Å². The van der Waals surface area contributed by atoms with Crippen molar-refractivity contribution in [3.63, 3.8) is 0 Å². The predicted octanol–water partition coefficient (Wildman–Crippen LogP) is 3.21. The molecule has 0 N–H and O–H groups in total. The lowest BCUT2D eigenvalue weighted by atomic mass is 10.1. The summed E-state index contributed by atoms with van der Waals surface area (Å²) in [5.41, 5.74) is 1.12. The van der Waals surface area contributed by atoms with Gasteiger partial charge < -0.3 is 9.80 Å². The van der Waals surface area contributed by atoms with Crippen LogP contribution in [0.1, 0.15) is 31.7 Å². The van der Waals surface area contributed by atoms with Gasteiger partial charge in [0.05, 0.1) is 5.88 Å². The van der Waals surface area contributed by atoms with Crippen LogP contribution in [0.3, 0.4) is 0 Å². The summed E-state index contributed by atoms with van der Waals surface area (Å²) in [5.74, 6) is 1.68. The number of amides is 2. The maximum atomic E-state index is 12.9. The van der Waals surface area contributed by atoms with Crippen molar-refractivity contribution < 1.29 is 9.59 Å². The van der Waals surface area contributed by atoms with Gasteiger partial charge in [-0.15, -0.1) is 11.8 Å². The smallest absolute Gasteiger partial charge is 0.246 e. The molecule has 2 amide bonds. The quantitative estimate of drug-likeness (QED) is 0.821. The zero-order chi connectivity index (χ0) is 17.4. The minimum atomic E-state index is -0.324. The Bertz CT molecular complexity index is 652.